The van der Waals surface area contributed by atoms with Crippen molar-refractivity contribution in [2.24, 2.45) is 0 Å². The lowest BCUT2D eigenvalue weighted by Gasteiger charge is -2.11. The van der Waals surface area contributed by atoms with E-state index >= 15 is 0 Å². The molecule has 26 heavy (non-hydrogen) atoms. The number of ether oxygens (including phenoxy) is 1. The molecule has 3 rings (SSSR count). The quantitative estimate of drug-likeness (QED) is 0.430. The molecule has 0 amide bonds. The van der Waals surface area contributed by atoms with Crippen LogP contribution in [-0.4, -0.2) is 24.7 Å². The highest BCUT2D eigenvalue weighted by molar-refractivity contribution is 5.87. The van der Waals surface area contributed by atoms with Gasteiger partial charge in [-0.1, -0.05) is 18.2 Å². The number of fused-ring (bicyclic) bond motifs is 1. The third-order valence-corrected chi connectivity index (χ3v) is 4.40. The molecule has 5 heteroatoms. The van der Waals surface area contributed by atoms with E-state index in [0.29, 0.717) is 6.61 Å². The minimum absolute atomic E-state index is 0.0967. The van der Waals surface area contributed by atoms with Crippen LogP contribution in [0.4, 0.5) is 5.69 Å². The van der Waals surface area contributed by atoms with Crippen molar-refractivity contribution in [3.05, 3.63) is 70.0 Å². The fourth-order valence-electron chi connectivity index (χ4n) is 2.95. The molecule has 2 aromatic carbocycles. The van der Waals surface area contributed by atoms with E-state index in [0.717, 1.165) is 53.8 Å². The highest BCUT2D eigenvalue weighted by atomic mass is 16.5. The highest BCUT2D eigenvalue weighted by Gasteiger charge is 2.05. The van der Waals surface area contributed by atoms with Gasteiger partial charge >= 0.3 is 0 Å². The second kappa shape index (κ2) is 8.54. The predicted octanol–water partition coefficient (Wildman–Crippen LogP) is 3.02. The summed E-state index contributed by atoms with van der Waals surface area (Å²) in [6, 6.07) is 15.3. The topological polar surface area (TPSA) is 80.1 Å². The van der Waals surface area contributed by atoms with Crippen LogP contribution in [0, 0.1) is 6.92 Å². The van der Waals surface area contributed by atoms with Gasteiger partial charge in [-0.05, 0) is 61.7 Å². The second-order valence-corrected chi connectivity index (χ2v) is 6.44. The number of aromatic amines is 1. The van der Waals surface area contributed by atoms with Crippen molar-refractivity contribution in [1.82, 2.24) is 10.3 Å². The van der Waals surface area contributed by atoms with E-state index in [1.54, 1.807) is 0 Å². The zero-order valence-electron chi connectivity index (χ0n) is 15.0. The number of nitrogen functional groups attached to an aromatic ring is 1. The zero-order chi connectivity index (χ0) is 18.4. The number of rotatable bonds is 8. The molecular formula is C21H25N3O2. The summed E-state index contributed by atoms with van der Waals surface area (Å²) in [5.41, 5.74) is 9.57. The number of H-pyrrole nitrogens is 1. The van der Waals surface area contributed by atoms with E-state index in [9.17, 15) is 4.79 Å². The molecule has 3 aromatic rings. The molecule has 0 aliphatic heterocycles. The summed E-state index contributed by atoms with van der Waals surface area (Å²) in [6.45, 7) is 4.28. The Morgan fingerprint density at radius 1 is 1.04 bits per heavy atom. The monoisotopic (exact) mass is 351 g/mol. The third kappa shape index (κ3) is 4.64. The van der Waals surface area contributed by atoms with Crippen LogP contribution < -0.4 is 21.3 Å². The van der Waals surface area contributed by atoms with Crippen LogP contribution >= 0.6 is 0 Å². The van der Waals surface area contributed by atoms with Crippen LogP contribution in [0.15, 0.2) is 53.3 Å². The zero-order valence-corrected chi connectivity index (χ0v) is 15.0. The van der Waals surface area contributed by atoms with Gasteiger partial charge < -0.3 is 20.8 Å². The second-order valence-electron chi connectivity index (χ2n) is 6.44. The summed E-state index contributed by atoms with van der Waals surface area (Å²) in [7, 11) is 0. The van der Waals surface area contributed by atoms with Crippen LogP contribution in [0.3, 0.4) is 0 Å². The number of nitrogens with one attached hydrogen (secondary N) is 2. The first-order chi connectivity index (χ1) is 12.6. The van der Waals surface area contributed by atoms with Crippen molar-refractivity contribution in [2.75, 3.05) is 25.4 Å². The molecule has 136 valence electrons. The Balaban J connectivity index is 1.43. The molecule has 5 nitrogen and oxygen atoms in total. The molecule has 0 bridgehead atoms. The fraction of sp³-hybridized carbons (Fsp3) is 0.286. The minimum Gasteiger partial charge on any atom is -0.492 e. The highest BCUT2D eigenvalue weighted by Crippen LogP contribution is 2.25. The predicted molar refractivity (Wildman–Crippen MR) is 107 cm³/mol. The first-order valence-electron chi connectivity index (χ1n) is 8.94. The summed E-state index contributed by atoms with van der Waals surface area (Å²) in [6.07, 6.45) is 2.10. The lowest BCUT2D eigenvalue weighted by atomic mass is 10.1. The molecular weight excluding hydrogens is 326 g/mol. The third-order valence-electron chi connectivity index (χ3n) is 4.40. The maximum absolute atomic E-state index is 11.5. The van der Waals surface area contributed by atoms with Crippen molar-refractivity contribution in [3.63, 3.8) is 0 Å². The molecule has 0 saturated carbocycles. The summed E-state index contributed by atoms with van der Waals surface area (Å²) in [5, 5.41) is 4.34. The van der Waals surface area contributed by atoms with E-state index < -0.39 is 0 Å². The standard InChI is InChI=1S/C21H25N3O2/c1-15-4-10-19(18-9-11-20(25)24-21(15)18)26-14-13-23-12-2-3-16-5-7-17(22)8-6-16/h4-11,23H,2-3,12-14,22H2,1H3,(H,24,25). The number of nitrogens with two attached hydrogens (primary N) is 1. The minimum atomic E-state index is -0.0967. The maximum atomic E-state index is 11.5. The number of pyridine rings is 1. The average molecular weight is 351 g/mol. The van der Waals surface area contributed by atoms with E-state index in [4.69, 9.17) is 10.5 Å². The van der Waals surface area contributed by atoms with E-state index in [1.807, 2.05) is 37.3 Å². The Morgan fingerprint density at radius 2 is 1.85 bits per heavy atom. The molecule has 0 atom stereocenters. The average Bonchev–Trinajstić information content (AvgIpc) is 2.64. The van der Waals surface area contributed by atoms with Gasteiger partial charge in [0, 0.05) is 23.7 Å². The molecule has 0 radical (unpaired) electrons. The summed E-state index contributed by atoms with van der Waals surface area (Å²) in [5.74, 6) is 0.797. The molecule has 0 aliphatic carbocycles. The van der Waals surface area contributed by atoms with Gasteiger partial charge in [0.2, 0.25) is 5.56 Å². The van der Waals surface area contributed by atoms with Gasteiger partial charge in [-0.2, -0.15) is 0 Å². The lowest BCUT2D eigenvalue weighted by molar-refractivity contribution is 0.317. The summed E-state index contributed by atoms with van der Waals surface area (Å²) in [4.78, 5) is 14.4. The van der Waals surface area contributed by atoms with Gasteiger partial charge in [0.1, 0.15) is 12.4 Å². The fourth-order valence-corrected chi connectivity index (χ4v) is 2.95. The smallest absolute Gasteiger partial charge is 0.248 e. The van der Waals surface area contributed by atoms with Crippen LogP contribution in [0.25, 0.3) is 10.9 Å². The van der Waals surface area contributed by atoms with Gasteiger partial charge in [-0.25, -0.2) is 0 Å². The Bertz CT molecular complexity index is 917. The maximum Gasteiger partial charge on any atom is 0.248 e. The Kier molecular flexibility index (Phi) is 5.92. The van der Waals surface area contributed by atoms with Crippen molar-refractivity contribution in [1.29, 1.82) is 0 Å². The van der Waals surface area contributed by atoms with Crippen molar-refractivity contribution in [2.45, 2.75) is 19.8 Å². The molecule has 1 heterocycles. The number of aryl methyl sites for hydroxylation is 2. The van der Waals surface area contributed by atoms with E-state index in [1.165, 1.54) is 11.6 Å². The van der Waals surface area contributed by atoms with Crippen LogP contribution in [0.2, 0.25) is 0 Å². The van der Waals surface area contributed by atoms with Crippen LogP contribution in [-0.2, 0) is 6.42 Å². The number of aromatic nitrogens is 1. The number of benzene rings is 2. The molecule has 0 aliphatic rings. The molecule has 1 aromatic heterocycles. The van der Waals surface area contributed by atoms with Crippen LogP contribution in [0.1, 0.15) is 17.5 Å². The van der Waals surface area contributed by atoms with Gasteiger partial charge in [-0.15, -0.1) is 0 Å². The van der Waals surface area contributed by atoms with Gasteiger partial charge in [0.05, 0.1) is 5.52 Å². The van der Waals surface area contributed by atoms with Crippen LogP contribution in [0.5, 0.6) is 5.75 Å². The Labute approximate surface area is 153 Å². The summed E-state index contributed by atoms with van der Waals surface area (Å²) >= 11 is 0. The van der Waals surface area contributed by atoms with E-state index in [-0.39, 0.29) is 5.56 Å². The first-order valence-corrected chi connectivity index (χ1v) is 8.94. The van der Waals surface area contributed by atoms with Gasteiger partial charge in [0.25, 0.3) is 0 Å². The number of hydrogen-bond donors (Lipinski definition) is 3. The van der Waals surface area contributed by atoms with Gasteiger partial charge in [0.15, 0.2) is 0 Å². The number of anilines is 1. The molecule has 0 fully saturated rings. The Morgan fingerprint density at radius 3 is 2.65 bits per heavy atom. The number of hydrogen-bond acceptors (Lipinski definition) is 4. The summed E-state index contributed by atoms with van der Waals surface area (Å²) < 4.78 is 5.89. The molecule has 4 N–H and O–H groups in total. The van der Waals surface area contributed by atoms with Crippen molar-refractivity contribution < 1.29 is 4.74 Å². The van der Waals surface area contributed by atoms with Crippen molar-refractivity contribution >= 4 is 16.6 Å². The SMILES string of the molecule is Cc1ccc(OCCNCCCc2ccc(N)cc2)c2ccc(=O)[nH]c12. The normalized spacial score (nSPS) is 11.0. The van der Waals surface area contributed by atoms with Gasteiger partial charge in [-0.3, -0.25) is 4.79 Å². The molecule has 0 spiro atoms. The molecule has 0 unspecified atom stereocenters. The lowest BCUT2D eigenvalue weighted by Crippen LogP contribution is -2.22. The largest absolute Gasteiger partial charge is 0.492 e. The Hall–Kier alpha value is -2.79. The van der Waals surface area contributed by atoms with Crippen molar-refractivity contribution in [3.8, 4) is 5.75 Å². The molecule has 0 saturated heterocycles. The first kappa shape index (κ1) is 18.0. The van der Waals surface area contributed by atoms with E-state index in [2.05, 4.69) is 22.4 Å².